The Labute approximate surface area is 125 Å². The van der Waals surface area contributed by atoms with Gasteiger partial charge in [0.05, 0.1) is 0 Å². The van der Waals surface area contributed by atoms with Crippen LogP contribution in [0.25, 0.3) is 0 Å². The van der Waals surface area contributed by atoms with Crippen LogP contribution in [0.5, 0.6) is 11.5 Å². The Bertz CT molecular complexity index is 524. The third-order valence-corrected chi connectivity index (χ3v) is 4.17. The number of benzene rings is 1. The molecular weight excluding hydrogens is 268 g/mol. The number of carbonyl (C=O) groups is 1. The predicted molar refractivity (Wildman–Crippen MR) is 80.0 cm³/mol. The van der Waals surface area contributed by atoms with Crippen LogP contribution in [0, 0.1) is 5.41 Å². The van der Waals surface area contributed by atoms with E-state index in [9.17, 15) is 4.79 Å². The van der Waals surface area contributed by atoms with Gasteiger partial charge in [-0.05, 0) is 43.0 Å². The molecule has 1 fully saturated rings. The van der Waals surface area contributed by atoms with Crippen LogP contribution in [0.15, 0.2) is 18.2 Å². The maximum Gasteiger partial charge on any atom is 0.251 e. The van der Waals surface area contributed by atoms with Crippen LogP contribution in [0.3, 0.4) is 0 Å². The first-order valence-electron chi connectivity index (χ1n) is 7.55. The highest BCUT2D eigenvalue weighted by molar-refractivity contribution is 5.94. The van der Waals surface area contributed by atoms with E-state index in [-0.39, 0.29) is 11.3 Å². The lowest BCUT2D eigenvalue weighted by atomic mass is 9.83. The molecule has 0 spiro atoms. The Morgan fingerprint density at radius 1 is 1.33 bits per heavy atom. The second-order valence-corrected chi connectivity index (χ2v) is 6.13. The van der Waals surface area contributed by atoms with Crippen LogP contribution in [0.2, 0.25) is 0 Å². The van der Waals surface area contributed by atoms with Crippen molar-refractivity contribution in [3.05, 3.63) is 23.8 Å². The van der Waals surface area contributed by atoms with E-state index in [0.29, 0.717) is 36.8 Å². The molecule has 1 unspecified atom stereocenters. The van der Waals surface area contributed by atoms with E-state index in [1.807, 2.05) is 0 Å². The molecule has 0 radical (unpaired) electrons. The molecule has 5 nitrogen and oxygen atoms in total. The SMILES string of the molecule is CC1(CNC(=O)c2ccc3c(c2)OCCO3)CCCNC1. The van der Waals surface area contributed by atoms with Crippen molar-refractivity contribution in [2.24, 2.45) is 5.41 Å². The van der Waals surface area contributed by atoms with Crippen LogP contribution in [0.1, 0.15) is 30.1 Å². The fourth-order valence-corrected chi connectivity index (χ4v) is 2.85. The highest BCUT2D eigenvalue weighted by atomic mass is 16.6. The summed E-state index contributed by atoms with van der Waals surface area (Å²) in [5, 5.41) is 6.43. The van der Waals surface area contributed by atoms with Gasteiger partial charge in [0.15, 0.2) is 11.5 Å². The molecule has 1 aromatic carbocycles. The average Bonchev–Trinajstić information content (AvgIpc) is 2.53. The third kappa shape index (κ3) is 3.29. The summed E-state index contributed by atoms with van der Waals surface area (Å²) in [4.78, 5) is 12.3. The molecule has 114 valence electrons. The number of amides is 1. The predicted octanol–water partition coefficient (Wildman–Crippen LogP) is 1.58. The van der Waals surface area contributed by atoms with E-state index in [4.69, 9.17) is 9.47 Å². The molecule has 3 rings (SSSR count). The molecule has 5 heteroatoms. The minimum Gasteiger partial charge on any atom is -0.486 e. The summed E-state index contributed by atoms with van der Waals surface area (Å²) < 4.78 is 11.0. The molecule has 21 heavy (non-hydrogen) atoms. The van der Waals surface area contributed by atoms with Crippen molar-refractivity contribution in [1.82, 2.24) is 10.6 Å². The molecule has 1 saturated heterocycles. The van der Waals surface area contributed by atoms with Gasteiger partial charge in [-0.2, -0.15) is 0 Å². The van der Waals surface area contributed by atoms with E-state index in [2.05, 4.69) is 17.6 Å². The number of piperidine rings is 1. The Morgan fingerprint density at radius 2 is 2.14 bits per heavy atom. The molecule has 2 aliphatic heterocycles. The smallest absolute Gasteiger partial charge is 0.251 e. The topological polar surface area (TPSA) is 59.6 Å². The number of nitrogens with one attached hydrogen (secondary N) is 2. The zero-order valence-electron chi connectivity index (χ0n) is 12.4. The summed E-state index contributed by atoms with van der Waals surface area (Å²) in [6.45, 7) is 6.02. The van der Waals surface area contributed by atoms with Gasteiger partial charge in [0.2, 0.25) is 0 Å². The van der Waals surface area contributed by atoms with Crippen molar-refractivity contribution in [3.8, 4) is 11.5 Å². The van der Waals surface area contributed by atoms with Crippen molar-refractivity contribution in [3.63, 3.8) is 0 Å². The number of ether oxygens (including phenoxy) is 2. The van der Waals surface area contributed by atoms with Crippen molar-refractivity contribution in [2.75, 3.05) is 32.8 Å². The maximum atomic E-state index is 12.3. The first-order valence-corrected chi connectivity index (χ1v) is 7.55. The van der Waals surface area contributed by atoms with Gasteiger partial charge >= 0.3 is 0 Å². The first-order chi connectivity index (χ1) is 10.2. The molecule has 1 amide bonds. The van der Waals surface area contributed by atoms with Gasteiger partial charge in [0.1, 0.15) is 13.2 Å². The Hall–Kier alpha value is -1.75. The fraction of sp³-hybridized carbons (Fsp3) is 0.562. The van der Waals surface area contributed by atoms with Gasteiger partial charge in [-0.15, -0.1) is 0 Å². The number of fused-ring (bicyclic) bond motifs is 1. The van der Waals surface area contributed by atoms with Crippen molar-refractivity contribution in [1.29, 1.82) is 0 Å². The quantitative estimate of drug-likeness (QED) is 0.887. The number of rotatable bonds is 3. The van der Waals surface area contributed by atoms with Crippen LogP contribution in [0.4, 0.5) is 0 Å². The largest absolute Gasteiger partial charge is 0.486 e. The molecule has 0 aromatic heterocycles. The monoisotopic (exact) mass is 290 g/mol. The highest BCUT2D eigenvalue weighted by Gasteiger charge is 2.27. The summed E-state index contributed by atoms with van der Waals surface area (Å²) in [5.41, 5.74) is 0.758. The first kappa shape index (κ1) is 14.2. The van der Waals surface area contributed by atoms with Crippen LogP contribution in [-0.2, 0) is 0 Å². The van der Waals surface area contributed by atoms with E-state index < -0.39 is 0 Å². The van der Waals surface area contributed by atoms with Crippen molar-refractivity contribution in [2.45, 2.75) is 19.8 Å². The van der Waals surface area contributed by atoms with E-state index in [1.54, 1.807) is 18.2 Å². The minimum atomic E-state index is -0.0567. The van der Waals surface area contributed by atoms with Gasteiger partial charge in [-0.25, -0.2) is 0 Å². The summed E-state index contributed by atoms with van der Waals surface area (Å²) >= 11 is 0. The fourth-order valence-electron chi connectivity index (χ4n) is 2.85. The molecule has 1 aromatic rings. The van der Waals surface area contributed by atoms with Gasteiger partial charge in [-0.3, -0.25) is 4.79 Å². The van der Waals surface area contributed by atoms with Gasteiger partial charge in [0.25, 0.3) is 5.91 Å². The van der Waals surface area contributed by atoms with Crippen LogP contribution < -0.4 is 20.1 Å². The van der Waals surface area contributed by atoms with E-state index in [0.717, 1.165) is 25.9 Å². The Balaban J connectivity index is 1.62. The molecule has 2 N–H and O–H groups in total. The highest BCUT2D eigenvalue weighted by Crippen LogP contribution is 2.31. The maximum absolute atomic E-state index is 12.3. The Morgan fingerprint density at radius 3 is 2.90 bits per heavy atom. The number of hydrogen-bond donors (Lipinski definition) is 2. The standard InChI is InChI=1S/C16H22N2O3/c1-16(5-2-6-17-10-16)11-18-15(19)12-3-4-13-14(9-12)21-8-7-20-13/h3-4,9,17H,2,5-8,10-11H2,1H3,(H,18,19). The van der Waals surface area contributed by atoms with E-state index >= 15 is 0 Å². The van der Waals surface area contributed by atoms with E-state index in [1.165, 1.54) is 0 Å². The number of carbonyl (C=O) groups excluding carboxylic acids is 1. The summed E-state index contributed by atoms with van der Waals surface area (Å²) in [6.07, 6.45) is 2.30. The second-order valence-electron chi connectivity index (χ2n) is 6.13. The van der Waals surface area contributed by atoms with Crippen LogP contribution in [-0.4, -0.2) is 38.8 Å². The van der Waals surface area contributed by atoms with Gasteiger partial charge in [-0.1, -0.05) is 6.92 Å². The second kappa shape index (κ2) is 5.93. The molecular formula is C16H22N2O3. The van der Waals surface area contributed by atoms with Gasteiger partial charge < -0.3 is 20.1 Å². The number of hydrogen-bond acceptors (Lipinski definition) is 4. The average molecular weight is 290 g/mol. The summed E-state index contributed by atoms with van der Waals surface area (Å²) in [7, 11) is 0. The lowest BCUT2D eigenvalue weighted by molar-refractivity contribution is 0.0923. The third-order valence-electron chi connectivity index (χ3n) is 4.17. The van der Waals surface area contributed by atoms with Crippen molar-refractivity contribution >= 4 is 5.91 Å². The minimum absolute atomic E-state index is 0.0567. The van der Waals surface area contributed by atoms with Crippen molar-refractivity contribution < 1.29 is 14.3 Å². The molecule has 2 aliphatic rings. The molecule has 0 saturated carbocycles. The summed E-state index contributed by atoms with van der Waals surface area (Å²) in [5.74, 6) is 1.31. The zero-order valence-corrected chi connectivity index (χ0v) is 12.4. The molecule has 1 atom stereocenters. The lowest BCUT2D eigenvalue weighted by Crippen LogP contribution is -2.45. The summed E-state index contributed by atoms with van der Waals surface area (Å²) in [6, 6.07) is 5.34. The lowest BCUT2D eigenvalue weighted by Gasteiger charge is -2.34. The molecule has 0 bridgehead atoms. The zero-order chi connectivity index (χ0) is 14.7. The normalized spacial score (nSPS) is 24.4. The molecule has 2 heterocycles. The van der Waals surface area contributed by atoms with Crippen LogP contribution >= 0.6 is 0 Å². The Kier molecular flexibility index (Phi) is 4.01. The van der Waals surface area contributed by atoms with Gasteiger partial charge in [0, 0.05) is 18.7 Å². The molecule has 0 aliphatic carbocycles.